The van der Waals surface area contributed by atoms with Crippen LogP contribution in [0.5, 0.6) is 5.75 Å². The number of urea groups is 1. The molecule has 1 aliphatic rings. The van der Waals surface area contributed by atoms with Crippen LogP contribution in [0.3, 0.4) is 0 Å². The van der Waals surface area contributed by atoms with Gasteiger partial charge in [0.25, 0.3) is 0 Å². The average Bonchev–Trinajstić information content (AvgIpc) is 2.70. The number of rotatable bonds is 7. The Morgan fingerprint density at radius 2 is 1.86 bits per heavy atom. The summed E-state index contributed by atoms with van der Waals surface area (Å²) in [5, 5.41) is 5.82. The van der Waals surface area contributed by atoms with E-state index in [1.165, 1.54) is 12.1 Å². The normalized spacial score (nSPS) is 14.8. The van der Waals surface area contributed by atoms with Crippen molar-refractivity contribution in [1.29, 1.82) is 0 Å². The van der Waals surface area contributed by atoms with Crippen molar-refractivity contribution >= 4 is 12.0 Å². The molecule has 2 heterocycles. The number of hydrogen-bond donors (Lipinski definition) is 2. The van der Waals surface area contributed by atoms with E-state index in [1.54, 1.807) is 30.6 Å². The van der Waals surface area contributed by atoms with E-state index in [4.69, 9.17) is 0 Å². The van der Waals surface area contributed by atoms with Gasteiger partial charge in [0.15, 0.2) is 0 Å². The molecule has 0 saturated carbocycles. The second-order valence-electron chi connectivity index (χ2n) is 6.48. The molecule has 1 aliphatic heterocycles. The number of anilines is 1. The Kier molecular flexibility index (Phi) is 6.94. The number of carbonyl (C=O) groups excluding carboxylic acids is 1. The molecule has 0 atom stereocenters. The van der Waals surface area contributed by atoms with Crippen LogP contribution in [0.15, 0.2) is 42.7 Å². The molecule has 150 valence electrons. The molecule has 7 nitrogen and oxygen atoms in total. The zero-order valence-electron chi connectivity index (χ0n) is 15.4. The van der Waals surface area contributed by atoms with Crippen molar-refractivity contribution < 1.29 is 18.3 Å². The lowest BCUT2D eigenvalue weighted by Crippen LogP contribution is -2.48. The second kappa shape index (κ2) is 9.82. The molecule has 2 aromatic rings. The van der Waals surface area contributed by atoms with E-state index in [-0.39, 0.29) is 17.8 Å². The van der Waals surface area contributed by atoms with E-state index in [1.807, 2.05) is 0 Å². The Labute approximate surface area is 162 Å². The summed E-state index contributed by atoms with van der Waals surface area (Å²) in [4.78, 5) is 22.7. The summed E-state index contributed by atoms with van der Waals surface area (Å²) in [5.41, 5.74) is 0.929. The molecular formula is C19H23F2N5O2. The molecule has 0 aliphatic carbocycles. The van der Waals surface area contributed by atoms with Crippen LogP contribution < -0.4 is 20.3 Å². The van der Waals surface area contributed by atoms with Crippen LogP contribution in [0.1, 0.15) is 18.4 Å². The molecule has 2 N–H and O–H groups in total. The van der Waals surface area contributed by atoms with Crippen LogP contribution in [-0.4, -0.2) is 48.3 Å². The van der Waals surface area contributed by atoms with Crippen LogP contribution in [0.2, 0.25) is 0 Å². The minimum absolute atomic E-state index is 0.116. The summed E-state index contributed by atoms with van der Waals surface area (Å²) >= 11 is 0. The number of aromatic nitrogens is 2. The minimum Gasteiger partial charge on any atom is -0.435 e. The van der Waals surface area contributed by atoms with Gasteiger partial charge in [-0.2, -0.15) is 8.78 Å². The van der Waals surface area contributed by atoms with E-state index in [9.17, 15) is 13.6 Å². The zero-order chi connectivity index (χ0) is 19.8. The second-order valence-corrected chi connectivity index (χ2v) is 6.48. The van der Waals surface area contributed by atoms with Crippen molar-refractivity contribution in [3.8, 4) is 5.75 Å². The maximum atomic E-state index is 12.1. The summed E-state index contributed by atoms with van der Waals surface area (Å²) in [6.45, 7) is -0.787. The van der Waals surface area contributed by atoms with Crippen LogP contribution in [0, 0.1) is 0 Å². The Balaban J connectivity index is 1.34. The van der Waals surface area contributed by atoms with Crippen molar-refractivity contribution in [2.45, 2.75) is 31.9 Å². The van der Waals surface area contributed by atoms with Crippen molar-refractivity contribution in [2.75, 3.05) is 24.5 Å². The number of benzene rings is 1. The highest BCUT2D eigenvalue weighted by molar-refractivity contribution is 5.74. The first-order valence-electron chi connectivity index (χ1n) is 9.20. The lowest BCUT2D eigenvalue weighted by molar-refractivity contribution is -0.0498. The lowest BCUT2D eigenvalue weighted by atomic mass is 10.1. The van der Waals surface area contributed by atoms with Crippen molar-refractivity contribution in [3.05, 3.63) is 48.3 Å². The standard InChI is InChI=1S/C19H23F2N5O2/c20-17(21)28-16-4-2-14(3-5-16)6-11-24-19(27)25-15-7-12-26(13-8-15)18-22-9-1-10-23-18/h1-5,9-10,15,17H,6-8,11-13H2,(H2,24,25,27). The van der Waals surface area contributed by atoms with Gasteiger partial charge in [0.05, 0.1) is 0 Å². The maximum absolute atomic E-state index is 12.1. The van der Waals surface area contributed by atoms with Gasteiger partial charge in [-0.15, -0.1) is 0 Å². The summed E-state index contributed by atoms with van der Waals surface area (Å²) in [6, 6.07) is 8.10. The molecular weight excluding hydrogens is 368 g/mol. The maximum Gasteiger partial charge on any atom is 0.387 e. The fraction of sp³-hybridized carbons (Fsp3) is 0.421. The van der Waals surface area contributed by atoms with Gasteiger partial charge in [-0.1, -0.05) is 12.1 Å². The Hall–Kier alpha value is -2.97. The van der Waals surface area contributed by atoms with Crippen molar-refractivity contribution in [3.63, 3.8) is 0 Å². The Bertz CT molecular complexity index is 738. The molecule has 9 heteroatoms. The third-order valence-corrected chi connectivity index (χ3v) is 4.51. The number of alkyl halides is 2. The Morgan fingerprint density at radius 3 is 2.50 bits per heavy atom. The lowest BCUT2D eigenvalue weighted by Gasteiger charge is -2.32. The number of nitrogens with zero attached hydrogens (tertiary/aromatic N) is 3. The number of amides is 2. The first kappa shape index (κ1) is 19.8. The number of carbonyl (C=O) groups is 1. The molecule has 1 saturated heterocycles. The SMILES string of the molecule is O=C(NCCc1ccc(OC(F)F)cc1)NC1CCN(c2ncccn2)CC1. The number of hydrogen-bond acceptors (Lipinski definition) is 5. The summed E-state index contributed by atoms with van der Waals surface area (Å²) in [7, 11) is 0. The molecule has 0 unspecified atom stereocenters. The first-order chi connectivity index (χ1) is 13.6. The van der Waals surface area contributed by atoms with Gasteiger partial charge in [-0.3, -0.25) is 0 Å². The molecule has 3 rings (SSSR count). The fourth-order valence-corrected chi connectivity index (χ4v) is 3.07. The molecule has 28 heavy (non-hydrogen) atoms. The number of halogens is 2. The van der Waals surface area contributed by atoms with Gasteiger partial charge in [-0.05, 0) is 43.0 Å². The third-order valence-electron chi connectivity index (χ3n) is 4.51. The summed E-state index contributed by atoms with van der Waals surface area (Å²) in [5.74, 6) is 0.840. The smallest absolute Gasteiger partial charge is 0.387 e. The zero-order valence-corrected chi connectivity index (χ0v) is 15.4. The fourth-order valence-electron chi connectivity index (χ4n) is 3.07. The average molecular weight is 391 g/mol. The van der Waals surface area contributed by atoms with E-state index in [2.05, 4.69) is 30.2 Å². The summed E-state index contributed by atoms with van der Waals surface area (Å²) in [6.07, 6.45) is 5.71. The highest BCUT2D eigenvalue weighted by atomic mass is 19.3. The third kappa shape index (κ3) is 6.04. The minimum atomic E-state index is -2.83. The quantitative estimate of drug-likeness (QED) is 0.759. The highest BCUT2D eigenvalue weighted by Crippen LogP contribution is 2.16. The topological polar surface area (TPSA) is 79.4 Å². The predicted octanol–water partition coefficient (Wildman–Crippen LogP) is 2.59. The number of ether oxygens (including phenoxy) is 1. The van der Waals surface area contributed by atoms with Crippen LogP contribution in [0.4, 0.5) is 19.5 Å². The largest absolute Gasteiger partial charge is 0.435 e. The van der Waals surface area contributed by atoms with Crippen molar-refractivity contribution in [2.24, 2.45) is 0 Å². The van der Waals surface area contributed by atoms with Crippen molar-refractivity contribution in [1.82, 2.24) is 20.6 Å². The molecule has 0 spiro atoms. The van der Waals surface area contributed by atoms with Gasteiger partial charge in [-0.25, -0.2) is 14.8 Å². The monoisotopic (exact) mass is 391 g/mol. The first-order valence-corrected chi connectivity index (χ1v) is 9.20. The van der Waals surface area contributed by atoms with E-state index >= 15 is 0 Å². The molecule has 2 amide bonds. The summed E-state index contributed by atoms with van der Waals surface area (Å²) < 4.78 is 28.6. The van der Waals surface area contributed by atoms with Gasteiger partial charge in [0, 0.05) is 38.1 Å². The van der Waals surface area contributed by atoms with Gasteiger partial charge in [0.1, 0.15) is 5.75 Å². The van der Waals surface area contributed by atoms with Gasteiger partial charge < -0.3 is 20.3 Å². The van der Waals surface area contributed by atoms with Crippen LogP contribution in [-0.2, 0) is 6.42 Å². The molecule has 0 radical (unpaired) electrons. The van der Waals surface area contributed by atoms with Gasteiger partial charge >= 0.3 is 12.6 Å². The van der Waals surface area contributed by atoms with Gasteiger partial charge in [0.2, 0.25) is 5.95 Å². The van der Waals surface area contributed by atoms with E-state index < -0.39 is 6.61 Å². The molecule has 1 aromatic heterocycles. The Morgan fingerprint density at radius 1 is 1.18 bits per heavy atom. The van der Waals surface area contributed by atoms with Crippen LogP contribution >= 0.6 is 0 Å². The molecule has 0 bridgehead atoms. The van der Waals surface area contributed by atoms with Crippen LogP contribution in [0.25, 0.3) is 0 Å². The molecule has 1 aromatic carbocycles. The number of nitrogens with one attached hydrogen (secondary N) is 2. The number of piperidine rings is 1. The van der Waals surface area contributed by atoms with E-state index in [0.717, 1.165) is 37.4 Å². The molecule has 1 fully saturated rings. The van der Waals surface area contributed by atoms with E-state index in [0.29, 0.717) is 13.0 Å². The highest BCUT2D eigenvalue weighted by Gasteiger charge is 2.21. The predicted molar refractivity (Wildman–Crippen MR) is 101 cm³/mol.